The SMILES string of the molecule is CCN(CC)Cc1ccc(C(=O)NNC(=O)CN2C(=O)NC(C)(c3ccc(F)cc3)C2=O)o1. The highest BCUT2D eigenvalue weighted by atomic mass is 19.1. The minimum absolute atomic E-state index is 0.0105. The second-order valence-electron chi connectivity index (χ2n) is 7.68. The first-order valence-electron chi connectivity index (χ1n) is 10.5. The van der Waals surface area contributed by atoms with E-state index in [-0.39, 0.29) is 5.76 Å². The highest BCUT2D eigenvalue weighted by molar-refractivity contribution is 6.09. The maximum Gasteiger partial charge on any atom is 0.325 e. The molecule has 2 heterocycles. The van der Waals surface area contributed by atoms with Gasteiger partial charge in [-0.25, -0.2) is 9.18 Å². The summed E-state index contributed by atoms with van der Waals surface area (Å²) in [5, 5.41) is 2.52. The molecule has 0 aliphatic carbocycles. The maximum absolute atomic E-state index is 13.2. The molecule has 1 aliphatic heterocycles. The highest BCUT2D eigenvalue weighted by Crippen LogP contribution is 2.28. The molecule has 176 valence electrons. The fourth-order valence-electron chi connectivity index (χ4n) is 3.44. The Bertz CT molecular complexity index is 1050. The lowest BCUT2D eigenvalue weighted by atomic mass is 9.92. The lowest BCUT2D eigenvalue weighted by molar-refractivity contribution is -0.135. The summed E-state index contributed by atoms with van der Waals surface area (Å²) in [6, 6.07) is 7.51. The Labute approximate surface area is 190 Å². The monoisotopic (exact) mass is 459 g/mol. The number of carbonyl (C=O) groups is 4. The Morgan fingerprint density at radius 3 is 2.39 bits per heavy atom. The number of rotatable bonds is 8. The fourth-order valence-corrected chi connectivity index (χ4v) is 3.44. The number of benzene rings is 1. The van der Waals surface area contributed by atoms with Crippen LogP contribution in [0.3, 0.4) is 0 Å². The summed E-state index contributed by atoms with van der Waals surface area (Å²) in [5.41, 5.74) is 3.29. The molecule has 0 bridgehead atoms. The first-order chi connectivity index (χ1) is 15.7. The Hall–Kier alpha value is -3.73. The van der Waals surface area contributed by atoms with Gasteiger partial charge in [-0.15, -0.1) is 0 Å². The second kappa shape index (κ2) is 9.82. The predicted molar refractivity (Wildman–Crippen MR) is 115 cm³/mol. The van der Waals surface area contributed by atoms with E-state index in [0.717, 1.165) is 18.0 Å². The molecule has 5 amide bonds. The first kappa shape index (κ1) is 23.9. The van der Waals surface area contributed by atoms with E-state index in [1.807, 2.05) is 13.8 Å². The van der Waals surface area contributed by atoms with Crippen molar-refractivity contribution in [2.75, 3.05) is 19.6 Å². The quantitative estimate of drug-likeness (QED) is 0.406. The summed E-state index contributed by atoms with van der Waals surface area (Å²) in [6.45, 7) is 7.09. The van der Waals surface area contributed by atoms with E-state index in [1.54, 1.807) is 6.07 Å². The molecule has 1 aliphatic rings. The summed E-state index contributed by atoms with van der Waals surface area (Å²) in [6.07, 6.45) is 0. The normalized spacial score (nSPS) is 17.9. The lowest BCUT2D eigenvalue weighted by Crippen LogP contribution is -2.48. The average Bonchev–Trinajstić information content (AvgIpc) is 3.35. The van der Waals surface area contributed by atoms with E-state index < -0.39 is 41.7 Å². The van der Waals surface area contributed by atoms with E-state index in [4.69, 9.17) is 4.42 Å². The molecular weight excluding hydrogens is 433 g/mol. The van der Waals surface area contributed by atoms with Crippen molar-refractivity contribution in [2.45, 2.75) is 32.9 Å². The molecule has 3 rings (SSSR count). The second-order valence-corrected chi connectivity index (χ2v) is 7.68. The van der Waals surface area contributed by atoms with Crippen molar-refractivity contribution in [1.82, 2.24) is 26.0 Å². The number of hydrogen-bond donors (Lipinski definition) is 3. The zero-order valence-electron chi connectivity index (χ0n) is 18.6. The van der Waals surface area contributed by atoms with Gasteiger partial charge in [0, 0.05) is 0 Å². The smallest absolute Gasteiger partial charge is 0.325 e. The third-order valence-electron chi connectivity index (χ3n) is 5.47. The summed E-state index contributed by atoms with van der Waals surface area (Å²) in [7, 11) is 0. The maximum atomic E-state index is 13.2. The van der Waals surface area contributed by atoms with Crippen molar-refractivity contribution in [3.63, 3.8) is 0 Å². The Morgan fingerprint density at radius 1 is 1.09 bits per heavy atom. The van der Waals surface area contributed by atoms with Crippen molar-refractivity contribution < 1.29 is 28.0 Å². The summed E-state index contributed by atoms with van der Waals surface area (Å²) in [5.74, 6) is -2.01. The van der Waals surface area contributed by atoms with Crippen LogP contribution in [0.4, 0.5) is 9.18 Å². The van der Waals surface area contributed by atoms with Crippen molar-refractivity contribution in [3.05, 3.63) is 59.3 Å². The van der Waals surface area contributed by atoms with Crippen LogP contribution in [0.2, 0.25) is 0 Å². The molecule has 0 spiro atoms. The standard InChI is InChI=1S/C22H26FN5O5/c1-4-27(5-2)12-16-10-11-17(33-16)19(30)26-25-18(29)13-28-20(31)22(3,24-21(28)32)14-6-8-15(23)9-7-14/h6-11H,4-5,12-13H2,1-3H3,(H,24,32)(H,25,29)(H,26,30). The molecule has 3 N–H and O–H groups in total. The first-order valence-corrected chi connectivity index (χ1v) is 10.5. The number of nitrogens with zero attached hydrogens (tertiary/aromatic N) is 2. The molecule has 33 heavy (non-hydrogen) atoms. The number of hydrogen-bond acceptors (Lipinski definition) is 6. The topological polar surface area (TPSA) is 124 Å². The zero-order chi connectivity index (χ0) is 24.2. The van der Waals surface area contributed by atoms with Crippen molar-refractivity contribution >= 4 is 23.8 Å². The number of halogens is 1. The van der Waals surface area contributed by atoms with E-state index in [1.165, 1.54) is 37.3 Å². The molecule has 0 saturated carbocycles. The van der Waals surface area contributed by atoms with Gasteiger partial charge in [-0.1, -0.05) is 26.0 Å². The minimum atomic E-state index is -1.44. The van der Waals surface area contributed by atoms with Crippen molar-refractivity contribution in [2.24, 2.45) is 0 Å². The molecule has 1 fully saturated rings. The van der Waals surface area contributed by atoms with Gasteiger partial charge in [0.2, 0.25) is 0 Å². The van der Waals surface area contributed by atoms with E-state index in [9.17, 15) is 23.6 Å². The van der Waals surface area contributed by atoms with Crippen LogP contribution in [-0.2, 0) is 21.7 Å². The fraction of sp³-hybridized carbons (Fsp3) is 0.364. The molecule has 2 aromatic rings. The summed E-state index contributed by atoms with van der Waals surface area (Å²) < 4.78 is 18.7. The van der Waals surface area contributed by atoms with Gasteiger partial charge in [-0.05, 0) is 49.8 Å². The van der Waals surface area contributed by atoms with Crippen molar-refractivity contribution in [1.29, 1.82) is 0 Å². The third-order valence-corrected chi connectivity index (χ3v) is 5.47. The number of nitrogens with one attached hydrogen (secondary N) is 3. The van der Waals surface area contributed by atoms with Crippen molar-refractivity contribution in [3.8, 4) is 0 Å². The minimum Gasteiger partial charge on any atom is -0.454 e. The lowest BCUT2D eigenvalue weighted by Gasteiger charge is -2.22. The van der Waals surface area contributed by atoms with Crippen LogP contribution in [0, 0.1) is 5.82 Å². The predicted octanol–water partition coefficient (Wildman–Crippen LogP) is 1.49. The van der Waals surface area contributed by atoms with E-state index in [0.29, 0.717) is 17.9 Å². The zero-order valence-corrected chi connectivity index (χ0v) is 18.6. The largest absolute Gasteiger partial charge is 0.454 e. The average molecular weight is 459 g/mol. The van der Waals surface area contributed by atoms with Gasteiger partial charge in [-0.2, -0.15) is 0 Å². The Kier molecular flexibility index (Phi) is 7.12. The van der Waals surface area contributed by atoms with Crippen LogP contribution in [0.1, 0.15) is 42.6 Å². The molecule has 10 nitrogen and oxygen atoms in total. The number of imide groups is 1. The summed E-state index contributed by atoms with van der Waals surface area (Å²) in [4.78, 5) is 52.5. The van der Waals surface area contributed by atoms with Gasteiger partial charge in [0.25, 0.3) is 11.8 Å². The molecule has 1 unspecified atom stereocenters. The van der Waals surface area contributed by atoms with Gasteiger partial charge < -0.3 is 9.73 Å². The number of urea groups is 1. The molecular formula is C22H26FN5O5. The highest BCUT2D eigenvalue weighted by Gasteiger charge is 2.49. The van der Waals surface area contributed by atoms with Gasteiger partial charge in [0.15, 0.2) is 5.76 Å². The molecule has 1 aromatic heterocycles. The van der Waals surface area contributed by atoms with Crippen LogP contribution in [0.25, 0.3) is 0 Å². The van der Waals surface area contributed by atoms with Crippen LogP contribution in [-0.4, -0.2) is 53.2 Å². The van der Waals surface area contributed by atoms with Crippen LogP contribution in [0.5, 0.6) is 0 Å². The van der Waals surface area contributed by atoms with Gasteiger partial charge >= 0.3 is 11.9 Å². The van der Waals surface area contributed by atoms with E-state index in [2.05, 4.69) is 21.1 Å². The molecule has 0 radical (unpaired) electrons. The molecule has 1 saturated heterocycles. The molecule has 11 heteroatoms. The van der Waals surface area contributed by atoms with Gasteiger partial charge in [0.1, 0.15) is 23.7 Å². The third kappa shape index (κ3) is 5.20. The summed E-state index contributed by atoms with van der Waals surface area (Å²) >= 11 is 0. The Morgan fingerprint density at radius 2 is 1.76 bits per heavy atom. The number of carbonyl (C=O) groups excluding carboxylic acids is 4. The number of amides is 5. The van der Waals surface area contributed by atoms with Gasteiger partial charge in [0.05, 0.1) is 6.54 Å². The number of furan rings is 1. The number of hydrazine groups is 1. The molecule has 1 atom stereocenters. The van der Waals surface area contributed by atoms with Gasteiger partial charge in [-0.3, -0.25) is 35.0 Å². The molecule has 1 aromatic carbocycles. The van der Waals surface area contributed by atoms with Crippen LogP contribution in [0.15, 0.2) is 40.8 Å². The van der Waals surface area contributed by atoms with Crippen LogP contribution >= 0.6 is 0 Å². The van der Waals surface area contributed by atoms with Crippen LogP contribution < -0.4 is 16.2 Å². The van der Waals surface area contributed by atoms with E-state index >= 15 is 0 Å². The Balaban J connectivity index is 1.56.